The lowest BCUT2D eigenvalue weighted by Gasteiger charge is -2.16. The minimum absolute atomic E-state index is 0.275. The summed E-state index contributed by atoms with van der Waals surface area (Å²) in [4.78, 5) is 0. The molecule has 5 nitrogen and oxygen atoms in total. The van der Waals surface area contributed by atoms with E-state index in [-0.39, 0.29) is 6.10 Å². The van der Waals surface area contributed by atoms with E-state index in [1.807, 2.05) is 6.07 Å². The lowest BCUT2D eigenvalue weighted by atomic mass is 10.2. The molecule has 1 atom stereocenters. The first-order valence-electron chi connectivity index (χ1n) is 6.11. The maximum Gasteiger partial charge on any atom is 0.162 e. The second kappa shape index (κ2) is 5.82. The van der Waals surface area contributed by atoms with Crippen LogP contribution in [0.1, 0.15) is 12.8 Å². The molecule has 2 rings (SSSR count). The van der Waals surface area contributed by atoms with Crippen molar-refractivity contribution in [2.75, 3.05) is 38.4 Å². The Morgan fingerprint density at radius 3 is 2.67 bits per heavy atom. The van der Waals surface area contributed by atoms with Gasteiger partial charge in [-0.05, 0) is 12.8 Å². The van der Waals surface area contributed by atoms with Gasteiger partial charge in [0.05, 0.1) is 31.7 Å². The maximum absolute atomic E-state index is 5.97. The van der Waals surface area contributed by atoms with Gasteiger partial charge in [-0.15, -0.1) is 0 Å². The molecule has 0 bridgehead atoms. The highest BCUT2D eigenvalue weighted by Gasteiger charge is 2.16. The first-order valence-corrected chi connectivity index (χ1v) is 6.11. The Morgan fingerprint density at radius 2 is 2.06 bits per heavy atom. The smallest absolute Gasteiger partial charge is 0.162 e. The Hall–Kier alpha value is -1.62. The van der Waals surface area contributed by atoms with E-state index in [9.17, 15) is 0 Å². The number of nitrogens with two attached hydrogens (primary N) is 1. The van der Waals surface area contributed by atoms with Crippen LogP contribution >= 0.6 is 0 Å². The SMILES string of the molecule is COc1cc(N)c(NCC2CCCO2)cc1OC. The van der Waals surface area contributed by atoms with Crippen molar-refractivity contribution < 1.29 is 14.2 Å². The molecule has 1 fully saturated rings. The molecule has 1 unspecified atom stereocenters. The van der Waals surface area contributed by atoms with E-state index in [0.29, 0.717) is 17.2 Å². The number of nitrogens with one attached hydrogen (secondary N) is 1. The van der Waals surface area contributed by atoms with Gasteiger partial charge < -0.3 is 25.3 Å². The van der Waals surface area contributed by atoms with Crippen LogP contribution in [0.2, 0.25) is 0 Å². The van der Waals surface area contributed by atoms with Gasteiger partial charge in [0.2, 0.25) is 0 Å². The minimum atomic E-state index is 0.275. The Balaban J connectivity index is 2.06. The van der Waals surface area contributed by atoms with Gasteiger partial charge in [0, 0.05) is 25.3 Å². The molecular formula is C13H20N2O3. The van der Waals surface area contributed by atoms with E-state index in [0.717, 1.165) is 31.7 Å². The molecule has 3 N–H and O–H groups in total. The summed E-state index contributed by atoms with van der Waals surface area (Å²) in [5, 5.41) is 3.30. The molecule has 1 aromatic rings. The second-order valence-electron chi connectivity index (χ2n) is 4.31. The number of hydrogen-bond donors (Lipinski definition) is 2. The highest BCUT2D eigenvalue weighted by atomic mass is 16.5. The van der Waals surface area contributed by atoms with Gasteiger partial charge in [0.15, 0.2) is 11.5 Å². The predicted molar refractivity (Wildman–Crippen MR) is 71.4 cm³/mol. The van der Waals surface area contributed by atoms with Gasteiger partial charge in [-0.1, -0.05) is 0 Å². The minimum Gasteiger partial charge on any atom is -0.493 e. The van der Waals surface area contributed by atoms with Gasteiger partial charge in [-0.2, -0.15) is 0 Å². The van der Waals surface area contributed by atoms with Crippen molar-refractivity contribution in [1.82, 2.24) is 0 Å². The second-order valence-corrected chi connectivity index (χ2v) is 4.31. The molecule has 1 aromatic carbocycles. The summed E-state index contributed by atoms with van der Waals surface area (Å²) in [6, 6.07) is 3.61. The van der Waals surface area contributed by atoms with Crippen LogP contribution in [0.4, 0.5) is 11.4 Å². The van der Waals surface area contributed by atoms with Crippen LogP contribution in [0.5, 0.6) is 11.5 Å². The van der Waals surface area contributed by atoms with Crippen LogP contribution in [0.25, 0.3) is 0 Å². The number of hydrogen-bond acceptors (Lipinski definition) is 5. The number of nitrogen functional groups attached to an aromatic ring is 1. The molecule has 0 radical (unpaired) electrons. The first kappa shape index (κ1) is 12.8. The standard InChI is InChI=1S/C13H20N2O3/c1-16-12-6-10(14)11(7-13(12)17-2)15-8-9-4-3-5-18-9/h6-7,9,15H,3-5,8,14H2,1-2H3. The zero-order valence-corrected chi connectivity index (χ0v) is 10.9. The van der Waals surface area contributed by atoms with Gasteiger partial charge in [0.25, 0.3) is 0 Å². The summed E-state index contributed by atoms with van der Waals surface area (Å²) in [5.41, 5.74) is 7.46. The maximum atomic E-state index is 5.97. The molecule has 18 heavy (non-hydrogen) atoms. The summed E-state index contributed by atoms with van der Waals surface area (Å²) >= 11 is 0. The average molecular weight is 252 g/mol. The molecule has 0 spiro atoms. The fraction of sp³-hybridized carbons (Fsp3) is 0.538. The van der Waals surface area contributed by atoms with Crippen molar-refractivity contribution in [3.05, 3.63) is 12.1 Å². The first-order chi connectivity index (χ1) is 8.74. The molecule has 1 aliphatic rings. The van der Waals surface area contributed by atoms with E-state index >= 15 is 0 Å². The van der Waals surface area contributed by atoms with Crippen molar-refractivity contribution in [1.29, 1.82) is 0 Å². The number of rotatable bonds is 5. The molecule has 1 saturated heterocycles. The molecule has 100 valence electrons. The van der Waals surface area contributed by atoms with Crippen LogP contribution in [0.3, 0.4) is 0 Å². The third kappa shape index (κ3) is 2.79. The Kier molecular flexibility index (Phi) is 4.15. The van der Waals surface area contributed by atoms with Crippen LogP contribution in [-0.2, 0) is 4.74 Å². The average Bonchev–Trinajstić information content (AvgIpc) is 2.90. The topological polar surface area (TPSA) is 65.7 Å². The fourth-order valence-corrected chi connectivity index (χ4v) is 2.08. The fourth-order valence-electron chi connectivity index (χ4n) is 2.08. The van der Waals surface area contributed by atoms with Gasteiger partial charge in [-0.25, -0.2) is 0 Å². The summed E-state index contributed by atoms with van der Waals surface area (Å²) in [7, 11) is 3.20. The lowest BCUT2D eigenvalue weighted by Crippen LogP contribution is -2.19. The molecule has 0 aromatic heterocycles. The Morgan fingerprint density at radius 1 is 1.33 bits per heavy atom. The van der Waals surface area contributed by atoms with Crippen LogP contribution < -0.4 is 20.5 Å². The molecular weight excluding hydrogens is 232 g/mol. The van der Waals surface area contributed by atoms with Gasteiger partial charge in [0.1, 0.15) is 0 Å². The van der Waals surface area contributed by atoms with Crippen molar-refractivity contribution >= 4 is 11.4 Å². The summed E-state index contributed by atoms with van der Waals surface area (Å²) < 4.78 is 16.0. The number of methoxy groups -OCH3 is 2. The van der Waals surface area contributed by atoms with Crippen LogP contribution in [-0.4, -0.2) is 33.5 Å². The Bertz CT molecular complexity index is 403. The number of anilines is 2. The molecule has 0 amide bonds. The molecule has 1 aliphatic heterocycles. The van der Waals surface area contributed by atoms with Crippen molar-refractivity contribution in [2.45, 2.75) is 18.9 Å². The van der Waals surface area contributed by atoms with E-state index in [1.54, 1.807) is 20.3 Å². The van der Waals surface area contributed by atoms with E-state index < -0.39 is 0 Å². The molecule has 5 heteroatoms. The summed E-state index contributed by atoms with van der Waals surface area (Å²) in [6.45, 7) is 1.62. The van der Waals surface area contributed by atoms with E-state index in [2.05, 4.69) is 5.32 Å². The van der Waals surface area contributed by atoms with Crippen molar-refractivity contribution in [3.8, 4) is 11.5 Å². The largest absolute Gasteiger partial charge is 0.493 e. The number of benzene rings is 1. The molecule has 0 saturated carbocycles. The highest BCUT2D eigenvalue weighted by molar-refractivity contribution is 5.72. The third-order valence-corrected chi connectivity index (χ3v) is 3.10. The Labute approximate surface area is 107 Å². The van der Waals surface area contributed by atoms with E-state index in [1.165, 1.54) is 0 Å². The van der Waals surface area contributed by atoms with Crippen LogP contribution in [0, 0.1) is 0 Å². The quantitative estimate of drug-likeness (QED) is 0.783. The zero-order chi connectivity index (χ0) is 13.0. The lowest BCUT2D eigenvalue weighted by molar-refractivity contribution is 0.120. The molecule has 0 aliphatic carbocycles. The number of ether oxygens (including phenoxy) is 3. The van der Waals surface area contributed by atoms with E-state index in [4.69, 9.17) is 19.9 Å². The zero-order valence-electron chi connectivity index (χ0n) is 10.9. The normalized spacial score (nSPS) is 18.7. The van der Waals surface area contributed by atoms with Crippen molar-refractivity contribution in [2.24, 2.45) is 0 Å². The summed E-state index contributed by atoms with van der Waals surface area (Å²) in [5.74, 6) is 1.30. The summed E-state index contributed by atoms with van der Waals surface area (Å²) in [6.07, 6.45) is 2.51. The van der Waals surface area contributed by atoms with Crippen molar-refractivity contribution in [3.63, 3.8) is 0 Å². The van der Waals surface area contributed by atoms with Crippen LogP contribution in [0.15, 0.2) is 12.1 Å². The van der Waals surface area contributed by atoms with Gasteiger partial charge in [-0.3, -0.25) is 0 Å². The van der Waals surface area contributed by atoms with Gasteiger partial charge >= 0.3 is 0 Å². The monoisotopic (exact) mass is 252 g/mol. The highest BCUT2D eigenvalue weighted by Crippen LogP contribution is 2.34. The third-order valence-electron chi connectivity index (χ3n) is 3.10. The molecule has 1 heterocycles. The predicted octanol–water partition coefficient (Wildman–Crippen LogP) is 1.88.